The first-order valence-corrected chi connectivity index (χ1v) is 3.83. The molecule has 0 aliphatic heterocycles. The number of nitrogens with zero attached hydrogens (tertiary/aromatic N) is 1. The number of aryl methyl sites for hydroxylation is 1. The zero-order valence-electron chi connectivity index (χ0n) is 6.91. The summed E-state index contributed by atoms with van der Waals surface area (Å²) in [5.41, 5.74) is 2.16. The number of fused-ring (bicyclic) bond motifs is 1. The zero-order chi connectivity index (χ0) is 8.55. The standard InChI is InChI=1S/C9H9BN2/c1-12-5-4-7-6-8(11-10)2-3-9(7)12/h2-6,11H,1H3. The van der Waals surface area contributed by atoms with Gasteiger partial charge in [-0.05, 0) is 24.3 Å². The fourth-order valence-electron chi connectivity index (χ4n) is 1.37. The van der Waals surface area contributed by atoms with Crippen molar-refractivity contribution in [2.24, 2.45) is 7.05 Å². The molecule has 0 amide bonds. The Kier molecular flexibility index (Phi) is 1.57. The van der Waals surface area contributed by atoms with Crippen molar-refractivity contribution >= 4 is 24.6 Å². The van der Waals surface area contributed by atoms with Crippen LogP contribution in [0.1, 0.15) is 0 Å². The predicted molar refractivity (Wildman–Crippen MR) is 52.3 cm³/mol. The maximum absolute atomic E-state index is 5.29. The number of aromatic nitrogens is 1. The number of benzene rings is 1. The van der Waals surface area contributed by atoms with Gasteiger partial charge in [-0.15, -0.1) is 0 Å². The van der Waals surface area contributed by atoms with Crippen LogP contribution in [-0.2, 0) is 7.05 Å². The van der Waals surface area contributed by atoms with Crippen LogP contribution >= 0.6 is 0 Å². The van der Waals surface area contributed by atoms with Crippen molar-refractivity contribution in [1.29, 1.82) is 0 Å². The lowest BCUT2D eigenvalue weighted by Gasteiger charge is -2.00. The van der Waals surface area contributed by atoms with Crippen LogP contribution in [0, 0.1) is 0 Å². The third-order valence-electron chi connectivity index (χ3n) is 2.05. The molecule has 0 spiro atoms. The molecule has 0 saturated carbocycles. The molecule has 0 aliphatic rings. The minimum atomic E-state index is 0.939. The van der Waals surface area contributed by atoms with Gasteiger partial charge < -0.3 is 9.79 Å². The molecule has 0 bridgehead atoms. The monoisotopic (exact) mass is 156 g/mol. The summed E-state index contributed by atoms with van der Waals surface area (Å²) in [4.78, 5) is 0. The second kappa shape index (κ2) is 2.59. The van der Waals surface area contributed by atoms with E-state index in [4.69, 9.17) is 7.98 Å². The SMILES string of the molecule is [B]Nc1ccc2c(ccn2C)c1. The lowest BCUT2D eigenvalue weighted by Crippen LogP contribution is -1.90. The molecule has 1 N–H and O–H groups in total. The number of hydrogen-bond acceptors (Lipinski definition) is 1. The lowest BCUT2D eigenvalue weighted by atomic mass is 10.2. The molecule has 2 nitrogen and oxygen atoms in total. The van der Waals surface area contributed by atoms with E-state index < -0.39 is 0 Å². The average Bonchev–Trinajstić information content (AvgIpc) is 2.47. The van der Waals surface area contributed by atoms with Gasteiger partial charge in [0, 0.05) is 29.8 Å². The van der Waals surface area contributed by atoms with Crippen molar-refractivity contribution in [3.63, 3.8) is 0 Å². The number of anilines is 1. The molecule has 12 heavy (non-hydrogen) atoms. The van der Waals surface area contributed by atoms with Gasteiger partial charge >= 0.3 is 0 Å². The van der Waals surface area contributed by atoms with E-state index in [0.29, 0.717) is 0 Å². The van der Waals surface area contributed by atoms with E-state index in [1.165, 1.54) is 10.9 Å². The molecule has 1 heterocycles. The highest BCUT2D eigenvalue weighted by Gasteiger charge is 1.96. The van der Waals surface area contributed by atoms with Crippen molar-refractivity contribution in [1.82, 2.24) is 4.57 Å². The van der Waals surface area contributed by atoms with Gasteiger partial charge in [-0.1, -0.05) is 0 Å². The van der Waals surface area contributed by atoms with Crippen LogP contribution in [0.2, 0.25) is 0 Å². The van der Waals surface area contributed by atoms with Gasteiger partial charge in [0.25, 0.3) is 0 Å². The highest BCUT2D eigenvalue weighted by molar-refractivity contribution is 6.16. The van der Waals surface area contributed by atoms with Crippen LogP contribution in [0.4, 0.5) is 5.69 Å². The van der Waals surface area contributed by atoms with Gasteiger partial charge in [0.15, 0.2) is 0 Å². The first-order chi connectivity index (χ1) is 5.81. The molecule has 2 radical (unpaired) electrons. The third kappa shape index (κ3) is 0.980. The lowest BCUT2D eigenvalue weighted by molar-refractivity contribution is 0.969. The van der Waals surface area contributed by atoms with Crippen molar-refractivity contribution < 1.29 is 0 Å². The van der Waals surface area contributed by atoms with Gasteiger partial charge in [0.2, 0.25) is 7.98 Å². The molecule has 0 unspecified atom stereocenters. The molecule has 1 aromatic heterocycles. The Bertz CT molecular complexity index is 406. The van der Waals surface area contributed by atoms with Gasteiger partial charge in [-0.2, -0.15) is 0 Å². The number of nitrogens with one attached hydrogen (secondary N) is 1. The largest absolute Gasteiger partial charge is 0.437 e. The summed E-state index contributed by atoms with van der Waals surface area (Å²) in [7, 11) is 7.32. The Morgan fingerprint density at radius 2 is 2.17 bits per heavy atom. The van der Waals surface area contributed by atoms with E-state index in [1.807, 2.05) is 31.4 Å². The summed E-state index contributed by atoms with van der Waals surface area (Å²) in [5, 5.41) is 3.82. The summed E-state index contributed by atoms with van der Waals surface area (Å²) in [6.07, 6.45) is 2.03. The Morgan fingerprint density at radius 3 is 2.92 bits per heavy atom. The molecule has 2 rings (SSSR count). The topological polar surface area (TPSA) is 17.0 Å². The molecule has 0 saturated heterocycles. The average molecular weight is 156 g/mol. The summed E-state index contributed by atoms with van der Waals surface area (Å²) in [5.74, 6) is 0. The first kappa shape index (κ1) is 7.28. The molecule has 3 heteroatoms. The van der Waals surface area contributed by atoms with E-state index >= 15 is 0 Å². The normalized spacial score (nSPS) is 10.4. The van der Waals surface area contributed by atoms with Crippen LogP contribution in [-0.4, -0.2) is 12.5 Å². The molecule has 58 valence electrons. The van der Waals surface area contributed by atoms with Crippen LogP contribution in [0.5, 0.6) is 0 Å². The Balaban J connectivity index is 2.69. The number of rotatable bonds is 1. The molecule has 1 aromatic carbocycles. The number of hydrogen-bond donors (Lipinski definition) is 1. The second-order valence-corrected chi connectivity index (χ2v) is 2.84. The van der Waals surface area contributed by atoms with Gasteiger partial charge in [0.05, 0.1) is 0 Å². The van der Waals surface area contributed by atoms with Crippen LogP contribution in [0.3, 0.4) is 0 Å². The zero-order valence-corrected chi connectivity index (χ0v) is 6.91. The highest BCUT2D eigenvalue weighted by atomic mass is 14.9. The van der Waals surface area contributed by atoms with E-state index in [1.54, 1.807) is 0 Å². The maximum Gasteiger partial charge on any atom is 0.222 e. The van der Waals surface area contributed by atoms with Crippen molar-refractivity contribution in [3.05, 3.63) is 30.5 Å². The van der Waals surface area contributed by atoms with E-state index in [2.05, 4.69) is 15.9 Å². The predicted octanol–water partition coefficient (Wildman–Crippen LogP) is 1.67. The summed E-state index contributed by atoms with van der Waals surface area (Å²) >= 11 is 0. The molecule has 2 aromatic rings. The Labute approximate surface area is 72.6 Å². The quantitative estimate of drug-likeness (QED) is 0.621. The second-order valence-electron chi connectivity index (χ2n) is 2.84. The van der Waals surface area contributed by atoms with Crippen LogP contribution < -0.4 is 5.23 Å². The molecular formula is C9H9BN2. The summed E-state index contributed by atoms with van der Waals surface area (Å²) < 4.78 is 2.08. The third-order valence-corrected chi connectivity index (χ3v) is 2.05. The smallest absolute Gasteiger partial charge is 0.222 e. The van der Waals surface area contributed by atoms with Crippen molar-refractivity contribution in [2.45, 2.75) is 0 Å². The highest BCUT2D eigenvalue weighted by Crippen LogP contribution is 2.18. The van der Waals surface area contributed by atoms with E-state index in [9.17, 15) is 0 Å². The van der Waals surface area contributed by atoms with Crippen LogP contribution in [0.15, 0.2) is 30.5 Å². The molecular weight excluding hydrogens is 147 g/mol. The minimum absolute atomic E-state index is 0.939. The van der Waals surface area contributed by atoms with E-state index in [-0.39, 0.29) is 0 Å². The van der Waals surface area contributed by atoms with Gasteiger partial charge in [-0.25, -0.2) is 0 Å². The van der Waals surface area contributed by atoms with Crippen molar-refractivity contribution in [2.75, 3.05) is 5.23 Å². The fourth-order valence-corrected chi connectivity index (χ4v) is 1.37. The maximum atomic E-state index is 5.29. The van der Waals surface area contributed by atoms with Gasteiger partial charge in [0.1, 0.15) is 0 Å². The molecule has 0 fully saturated rings. The Morgan fingerprint density at radius 1 is 1.33 bits per heavy atom. The Hall–Kier alpha value is -1.38. The summed E-state index contributed by atoms with van der Waals surface area (Å²) in [6.45, 7) is 0. The first-order valence-electron chi connectivity index (χ1n) is 3.83. The van der Waals surface area contributed by atoms with Gasteiger partial charge in [-0.3, -0.25) is 0 Å². The van der Waals surface area contributed by atoms with E-state index in [0.717, 1.165) is 5.69 Å². The fraction of sp³-hybridized carbons (Fsp3) is 0.111. The summed E-state index contributed by atoms with van der Waals surface area (Å²) in [6, 6.07) is 8.10. The molecule has 0 atom stereocenters. The molecule has 0 aliphatic carbocycles. The van der Waals surface area contributed by atoms with Crippen LogP contribution in [0.25, 0.3) is 10.9 Å². The van der Waals surface area contributed by atoms with Crippen molar-refractivity contribution in [3.8, 4) is 0 Å². The minimum Gasteiger partial charge on any atom is -0.437 e.